The molecule has 0 spiro atoms. The fraction of sp³-hybridized carbons (Fsp3) is 0.303. The van der Waals surface area contributed by atoms with E-state index in [9.17, 15) is 15.0 Å². The van der Waals surface area contributed by atoms with Gasteiger partial charge in [-0.3, -0.25) is 4.79 Å². The zero-order valence-corrected chi connectivity index (χ0v) is 23.4. The molecule has 4 rings (SSSR count). The Bertz CT molecular complexity index is 1360. The molecule has 41 heavy (non-hydrogen) atoms. The summed E-state index contributed by atoms with van der Waals surface area (Å²) >= 11 is 0. The summed E-state index contributed by atoms with van der Waals surface area (Å²) in [6.07, 6.45) is 8.17. The molecule has 0 aliphatic rings. The van der Waals surface area contributed by atoms with Crippen molar-refractivity contribution in [3.8, 4) is 28.3 Å². The van der Waals surface area contributed by atoms with Crippen LogP contribution in [-0.4, -0.2) is 45.0 Å². The molecule has 3 aromatic carbocycles. The minimum atomic E-state index is -1.72. The fourth-order valence-electron chi connectivity index (χ4n) is 4.43. The number of nitrogen functional groups attached to an aromatic ring is 1. The average molecular weight is 555 g/mol. The van der Waals surface area contributed by atoms with Crippen molar-refractivity contribution in [2.45, 2.75) is 57.8 Å². The number of aromatic nitrogens is 2. The number of nitrogens with two attached hydrogens (primary N) is 1. The number of ether oxygens (including phenoxy) is 1. The number of hydrogen-bond acceptors (Lipinski definition) is 7. The van der Waals surface area contributed by atoms with Crippen LogP contribution in [0.4, 0.5) is 5.69 Å². The van der Waals surface area contributed by atoms with Gasteiger partial charge in [0, 0.05) is 34.8 Å². The highest BCUT2D eigenvalue weighted by Gasteiger charge is 2.20. The average Bonchev–Trinajstić information content (AvgIpc) is 2.99. The highest BCUT2D eigenvalue weighted by Crippen LogP contribution is 2.24. The van der Waals surface area contributed by atoms with Gasteiger partial charge in [-0.15, -0.1) is 0 Å². The maximum atomic E-state index is 12.5. The lowest BCUT2D eigenvalue weighted by Gasteiger charge is -2.21. The lowest BCUT2D eigenvalue weighted by molar-refractivity contribution is -0.0647. The molecule has 0 saturated carbocycles. The Morgan fingerprint density at radius 2 is 1.46 bits per heavy atom. The van der Waals surface area contributed by atoms with Crippen molar-refractivity contribution in [3.05, 3.63) is 96.3 Å². The topological polar surface area (TPSA) is 131 Å². The van der Waals surface area contributed by atoms with E-state index >= 15 is 0 Å². The molecule has 1 heterocycles. The van der Waals surface area contributed by atoms with Crippen LogP contribution in [0.15, 0.2) is 85.2 Å². The molecule has 214 valence electrons. The van der Waals surface area contributed by atoms with E-state index in [1.54, 1.807) is 36.7 Å². The van der Waals surface area contributed by atoms with Crippen molar-refractivity contribution in [3.63, 3.8) is 0 Å². The van der Waals surface area contributed by atoms with Crippen LogP contribution in [0.3, 0.4) is 0 Å². The van der Waals surface area contributed by atoms with E-state index in [0.717, 1.165) is 41.0 Å². The smallest absolute Gasteiger partial charge is 0.251 e. The predicted molar refractivity (Wildman–Crippen MR) is 161 cm³/mol. The summed E-state index contributed by atoms with van der Waals surface area (Å²) < 4.78 is 5.86. The van der Waals surface area contributed by atoms with Gasteiger partial charge in [-0.05, 0) is 60.4 Å². The number of carbonyl (C=O) groups is 1. The van der Waals surface area contributed by atoms with Crippen LogP contribution in [0.25, 0.3) is 22.5 Å². The van der Waals surface area contributed by atoms with Crippen LogP contribution in [0.5, 0.6) is 5.75 Å². The molecule has 0 unspecified atom stereocenters. The number of carbonyl (C=O) groups excluding carboxylic acids is 1. The zero-order chi connectivity index (χ0) is 29.0. The van der Waals surface area contributed by atoms with Crippen molar-refractivity contribution < 1.29 is 19.7 Å². The monoisotopic (exact) mass is 554 g/mol. The van der Waals surface area contributed by atoms with Crippen LogP contribution in [0, 0.1) is 0 Å². The zero-order valence-electron chi connectivity index (χ0n) is 23.4. The molecular weight excluding hydrogens is 516 g/mol. The van der Waals surface area contributed by atoms with Crippen molar-refractivity contribution >= 4 is 11.6 Å². The standard InChI is InChI=1S/C33H38N4O4/c1-2-3-4-5-6-19-41-29-17-13-24(14-18-29)27-21-35-31(36-22-27)25-9-7-23(8-10-25)20-30(33(39)40)37-32(38)26-11-15-28(34)16-12-26/h7-18,21-22,30,33,39-40H,2-6,19-20,34H2,1H3,(H,37,38)/t30-/m0/s1. The number of nitrogens with one attached hydrogen (secondary N) is 1. The summed E-state index contributed by atoms with van der Waals surface area (Å²) in [7, 11) is 0. The SMILES string of the molecule is CCCCCCCOc1ccc(-c2cnc(-c3ccc(C[C@H](NC(=O)c4ccc(N)cc4)C(O)O)cc3)nc2)cc1. The molecule has 1 atom stereocenters. The summed E-state index contributed by atoms with van der Waals surface area (Å²) in [6, 6.07) is 21.0. The molecule has 8 heteroatoms. The molecule has 0 aliphatic heterocycles. The summed E-state index contributed by atoms with van der Waals surface area (Å²) in [6.45, 7) is 2.95. The predicted octanol–water partition coefficient (Wildman–Crippen LogP) is 5.39. The third kappa shape index (κ3) is 8.86. The normalized spacial score (nSPS) is 11.8. The van der Waals surface area contributed by atoms with Gasteiger partial charge in [0.1, 0.15) is 5.75 Å². The van der Waals surface area contributed by atoms with Gasteiger partial charge in [-0.1, -0.05) is 69.0 Å². The number of rotatable bonds is 14. The summed E-state index contributed by atoms with van der Waals surface area (Å²) in [5.74, 6) is 1.04. The number of aliphatic hydroxyl groups excluding tert-OH is 1. The minimum absolute atomic E-state index is 0.233. The summed E-state index contributed by atoms with van der Waals surface area (Å²) in [4.78, 5) is 21.6. The third-order valence-corrected chi connectivity index (χ3v) is 6.87. The second kappa shape index (κ2) is 14.9. The molecule has 1 aromatic heterocycles. The number of amides is 1. The first-order valence-electron chi connectivity index (χ1n) is 14.1. The van der Waals surface area contributed by atoms with Crippen LogP contribution in [0.1, 0.15) is 54.9 Å². The van der Waals surface area contributed by atoms with E-state index in [0.29, 0.717) is 17.1 Å². The van der Waals surface area contributed by atoms with Crippen LogP contribution >= 0.6 is 0 Å². The van der Waals surface area contributed by atoms with E-state index in [1.165, 1.54) is 25.7 Å². The van der Waals surface area contributed by atoms with Gasteiger partial charge in [0.05, 0.1) is 12.6 Å². The quantitative estimate of drug-likeness (QED) is 0.0933. The maximum Gasteiger partial charge on any atom is 0.251 e. The summed E-state index contributed by atoms with van der Waals surface area (Å²) in [5.41, 5.74) is 10.2. The summed E-state index contributed by atoms with van der Waals surface area (Å²) in [5, 5.41) is 22.4. The Morgan fingerprint density at radius 1 is 0.829 bits per heavy atom. The highest BCUT2D eigenvalue weighted by atomic mass is 16.5. The molecule has 5 N–H and O–H groups in total. The number of benzene rings is 3. The van der Waals surface area contributed by atoms with Crippen LogP contribution in [-0.2, 0) is 6.42 Å². The van der Waals surface area contributed by atoms with Gasteiger partial charge in [0.25, 0.3) is 5.91 Å². The molecule has 0 aliphatic carbocycles. The number of anilines is 1. The molecular formula is C33H38N4O4. The highest BCUT2D eigenvalue weighted by molar-refractivity contribution is 5.94. The Kier molecular flexibility index (Phi) is 10.8. The molecule has 1 amide bonds. The third-order valence-electron chi connectivity index (χ3n) is 6.87. The van der Waals surface area contributed by atoms with Crippen molar-refractivity contribution in [2.75, 3.05) is 12.3 Å². The molecule has 0 fully saturated rings. The maximum absolute atomic E-state index is 12.5. The van der Waals surface area contributed by atoms with E-state index in [1.807, 2.05) is 48.5 Å². The van der Waals surface area contributed by atoms with E-state index < -0.39 is 18.2 Å². The van der Waals surface area contributed by atoms with E-state index in [4.69, 9.17) is 10.5 Å². The Morgan fingerprint density at radius 3 is 2.10 bits per heavy atom. The minimum Gasteiger partial charge on any atom is -0.494 e. The van der Waals surface area contributed by atoms with Gasteiger partial charge < -0.3 is 26.0 Å². The Balaban J connectivity index is 1.32. The van der Waals surface area contributed by atoms with Crippen LogP contribution in [0.2, 0.25) is 0 Å². The van der Waals surface area contributed by atoms with Crippen LogP contribution < -0.4 is 15.8 Å². The number of nitrogens with zero attached hydrogens (tertiary/aromatic N) is 2. The number of aliphatic hydroxyl groups is 2. The number of unbranched alkanes of at least 4 members (excludes halogenated alkanes) is 4. The lowest BCUT2D eigenvalue weighted by Crippen LogP contribution is -2.44. The van der Waals surface area contributed by atoms with Gasteiger partial charge in [-0.2, -0.15) is 0 Å². The second-order valence-corrected chi connectivity index (χ2v) is 10.1. The Hall–Kier alpha value is -4.27. The largest absolute Gasteiger partial charge is 0.494 e. The molecule has 8 nitrogen and oxygen atoms in total. The lowest BCUT2D eigenvalue weighted by atomic mass is 10.0. The van der Waals surface area contributed by atoms with Crippen molar-refractivity contribution in [1.82, 2.24) is 15.3 Å². The first kappa shape index (κ1) is 29.7. The molecule has 0 saturated heterocycles. The molecule has 0 radical (unpaired) electrons. The fourth-order valence-corrected chi connectivity index (χ4v) is 4.43. The van der Waals surface area contributed by atoms with Gasteiger partial charge in [0.15, 0.2) is 12.1 Å². The van der Waals surface area contributed by atoms with Crippen molar-refractivity contribution in [2.24, 2.45) is 0 Å². The van der Waals surface area contributed by atoms with Gasteiger partial charge in [0.2, 0.25) is 0 Å². The van der Waals surface area contributed by atoms with E-state index in [2.05, 4.69) is 22.2 Å². The first-order chi connectivity index (χ1) is 19.9. The second-order valence-electron chi connectivity index (χ2n) is 10.1. The van der Waals surface area contributed by atoms with Gasteiger partial charge >= 0.3 is 0 Å². The first-order valence-corrected chi connectivity index (χ1v) is 14.1. The molecule has 4 aromatic rings. The Labute approximate surface area is 241 Å². The van der Waals surface area contributed by atoms with Crippen molar-refractivity contribution in [1.29, 1.82) is 0 Å². The number of hydrogen-bond donors (Lipinski definition) is 4. The van der Waals surface area contributed by atoms with Gasteiger partial charge in [-0.25, -0.2) is 9.97 Å². The van der Waals surface area contributed by atoms with E-state index in [-0.39, 0.29) is 6.42 Å². The molecule has 0 bridgehead atoms.